The van der Waals surface area contributed by atoms with Crippen molar-refractivity contribution >= 4 is 5.97 Å². The number of rotatable bonds is 5. The molecule has 1 saturated carbocycles. The summed E-state index contributed by atoms with van der Waals surface area (Å²) in [5, 5.41) is 4.05. The first kappa shape index (κ1) is 14.0. The van der Waals surface area contributed by atoms with Crippen LogP contribution >= 0.6 is 0 Å². The van der Waals surface area contributed by atoms with Crippen LogP contribution in [0.4, 0.5) is 0 Å². The van der Waals surface area contributed by atoms with E-state index < -0.39 is 5.92 Å². The molecule has 19 heavy (non-hydrogen) atoms. The van der Waals surface area contributed by atoms with Crippen LogP contribution < -0.4 is 0 Å². The highest BCUT2D eigenvalue weighted by Crippen LogP contribution is 2.33. The number of carbonyl (C=O) groups is 1. The van der Waals surface area contributed by atoms with Crippen molar-refractivity contribution in [2.45, 2.75) is 58.3 Å². The predicted molar refractivity (Wildman–Crippen MR) is 69.7 cm³/mol. The molecule has 1 fully saturated rings. The summed E-state index contributed by atoms with van der Waals surface area (Å²) in [4.78, 5) is 16.4. The molecule has 0 amide bonds. The topological polar surface area (TPSA) is 65.2 Å². The monoisotopic (exact) mass is 266 g/mol. The summed E-state index contributed by atoms with van der Waals surface area (Å²) in [5.41, 5.74) is 0. The van der Waals surface area contributed by atoms with Gasteiger partial charge >= 0.3 is 5.97 Å². The third-order valence-electron chi connectivity index (χ3n) is 3.65. The first-order valence-electron chi connectivity index (χ1n) is 7.13. The Morgan fingerprint density at radius 2 is 2.11 bits per heavy atom. The highest BCUT2D eigenvalue weighted by molar-refractivity contribution is 5.77. The van der Waals surface area contributed by atoms with Crippen molar-refractivity contribution in [1.82, 2.24) is 10.1 Å². The lowest BCUT2D eigenvalue weighted by Crippen LogP contribution is -2.21. The van der Waals surface area contributed by atoms with Crippen LogP contribution in [0.25, 0.3) is 0 Å². The van der Waals surface area contributed by atoms with Crippen LogP contribution in [0, 0.1) is 5.92 Å². The van der Waals surface area contributed by atoms with E-state index in [-0.39, 0.29) is 11.9 Å². The average Bonchev–Trinajstić information content (AvgIpc) is 2.98. The quantitative estimate of drug-likeness (QED) is 0.766. The number of carbonyl (C=O) groups excluding carboxylic acids is 1. The SMILES string of the molecule is CCOC(=O)C(c1nc(C2CCCC2)no1)C(C)C. The summed E-state index contributed by atoms with van der Waals surface area (Å²) in [7, 11) is 0. The molecule has 106 valence electrons. The third kappa shape index (κ3) is 3.14. The van der Waals surface area contributed by atoms with Gasteiger partial charge in [-0.05, 0) is 25.7 Å². The molecule has 1 aromatic heterocycles. The standard InChI is InChI=1S/C14H22N2O3/c1-4-18-14(17)11(9(2)3)13-15-12(16-19-13)10-7-5-6-8-10/h9-11H,4-8H2,1-3H3. The van der Waals surface area contributed by atoms with E-state index >= 15 is 0 Å². The largest absolute Gasteiger partial charge is 0.465 e. The zero-order chi connectivity index (χ0) is 13.8. The van der Waals surface area contributed by atoms with Crippen molar-refractivity contribution in [1.29, 1.82) is 0 Å². The van der Waals surface area contributed by atoms with Gasteiger partial charge in [-0.1, -0.05) is 31.8 Å². The van der Waals surface area contributed by atoms with Crippen molar-refractivity contribution in [2.24, 2.45) is 5.92 Å². The minimum atomic E-state index is -0.456. The number of hydrogen-bond donors (Lipinski definition) is 0. The minimum Gasteiger partial charge on any atom is -0.465 e. The maximum absolute atomic E-state index is 12.0. The van der Waals surface area contributed by atoms with Gasteiger partial charge in [-0.15, -0.1) is 0 Å². The molecule has 2 rings (SSSR count). The Kier molecular flexibility index (Phi) is 4.56. The summed E-state index contributed by atoms with van der Waals surface area (Å²) >= 11 is 0. The Hall–Kier alpha value is -1.39. The smallest absolute Gasteiger partial charge is 0.318 e. The average molecular weight is 266 g/mol. The van der Waals surface area contributed by atoms with E-state index in [0.29, 0.717) is 18.4 Å². The van der Waals surface area contributed by atoms with Crippen LogP contribution in [0.15, 0.2) is 4.52 Å². The molecule has 1 heterocycles. The molecule has 0 spiro atoms. The summed E-state index contributed by atoms with van der Waals surface area (Å²) in [6.45, 7) is 6.08. The van der Waals surface area contributed by atoms with Crippen molar-refractivity contribution in [3.63, 3.8) is 0 Å². The molecule has 0 N–H and O–H groups in total. The predicted octanol–water partition coefficient (Wildman–Crippen LogP) is 3.03. The van der Waals surface area contributed by atoms with Gasteiger partial charge in [-0.25, -0.2) is 0 Å². The zero-order valence-corrected chi connectivity index (χ0v) is 11.9. The molecule has 0 bridgehead atoms. The van der Waals surface area contributed by atoms with E-state index in [9.17, 15) is 4.79 Å². The Morgan fingerprint density at radius 3 is 2.68 bits per heavy atom. The van der Waals surface area contributed by atoms with Gasteiger partial charge in [0.15, 0.2) is 5.82 Å². The van der Waals surface area contributed by atoms with E-state index in [1.807, 2.05) is 13.8 Å². The number of esters is 1. The maximum atomic E-state index is 12.0. The fraction of sp³-hybridized carbons (Fsp3) is 0.786. The van der Waals surface area contributed by atoms with Crippen molar-refractivity contribution in [3.8, 4) is 0 Å². The maximum Gasteiger partial charge on any atom is 0.318 e. The van der Waals surface area contributed by atoms with Crippen molar-refractivity contribution in [3.05, 3.63) is 11.7 Å². The zero-order valence-electron chi connectivity index (χ0n) is 11.9. The number of hydrogen-bond acceptors (Lipinski definition) is 5. The molecule has 0 saturated heterocycles. The molecule has 5 nitrogen and oxygen atoms in total. The van der Waals surface area contributed by atoms with Gasteiger partial charge in [-0.2, -0.15) is 4.98 Å². The number of ether oxygens (including phenoxy) is 1. The molecule has 0 aromatic carbocycles. The Bertz CT molecular complexity index is 422. The van der Waals surface area contributed by atoms with Crippen LogP contribution in [0.5, 0.6) is 0 Å². The second-order valence-electron chi connectivity index (χ2n) is 5.45. The van der Waals surface area contributed by atoms with Crippen molar-refractivity contribution in [2.75, 3.05) is 6.61 Å². The first-order valence-corrected chi connectivity index (χ1v) is 7.13. The highest BCUT2D eigenvalue weighted by Gasteiger charge is 2.32. The Labute approximate surface area is 113 Å². The summed E-state index contributed by atoms with van der Waals surface area (Å²) < 4.78 is 10.4. The molecule has 1 aliphatic carbocycles. The summed E-state index contributed by atoms with van der Waals surface area (Å²) in [6.07, 6.45) is 4.68. The van der Waals surface area contributed by atoms with Gasteiger partial charge in [0, 0.05) is 5.92 Å². The van der Waals surface area contributed by atoms with E-state index in [1.165, 1.54) is 12.8 Å². The van der Waals surface area contributed by atoms with E-state index in [4.69, 9.17) is 9.26 Å². The normalized spacial score (nSPS) is 17.9. The highest BCUT2D eigenvalue weighted by atomic mass is 16.5. The van der Waals surface area contributed by atoms with Crippen LogP contribution in [0.2, 0.25) is 0 Å². The third-order valence-corrected chi connectivity index (χ3v) is 3.65. The molecule has 0 radical (unpaired) electrons. The van der Waals surface area contributed by atoms with E-state index in [1.54, 1.807) is 6.92 Å². The van der Waals surface area contributed by atoms with Gasteiger partial charge < -0.3 is 9.26 Å². The van der Waals surface area contributed by atoms with Crippen LogP contribution in [-0.4, -0.2) is 22.7 Å². The van der Waals surface area contributed by atoms with E-state index in [2.05, 4.69) is 10.1 Å². The van der Waals surface area contributed by atoms with Crippen LogP contribution in [-0.2, 0) is 9.53 Å². The number of aromatic nitrogens is 2. The first-order chi connectivity index (χ1) is 9.13. The minimum absolute atomic E-state index is 0.0796. The van der Waals surface area contributed by atoms with Crippen LogP contribution in [0.3, 0.4) is 0 Å². The molecule has 1 aromatic rings. The summed E-state index contributed by atoms with van der Waals surface area (Å²) in [5.74, 6) is 0.892. The fourth-order valence-electron chi connectivity index (χ4n) is 2.61. The Balaban J connectivity index is 2.15. The number of nitrogens with zero attached hydrogens (tertiary/aromatic N) is 2. The van der Waals surface area contributed by atoms with Gasteiger partial charge in [0.05, 0.1) is 6.61 Å². The van der Waals surface area contributed by atoms with Gasteiger partial charge in [-0.3, -0.25) is 4.79 Å². The lowest BCUT2D eigenvalue weighted by Gasteiger charge is -2.14. The molecule has 0 aliphatic heterocycles. The Morgan fingerprint density at radius 1 is 1.42 bits per heavy atom. The lowest BCUT2D eigenvalue weighted by molar-refractivity contribution is -0.146. The molecule has 1 unspecified atom stereocenters. The van der Waals surface area contributed by atoms with E-state index in [0.717, 1.165) is 18.7 Å². The van der Waals surface area contributed by atoms with Gasteiger partial charge in [0.1, 0.15) is 5.92 Å². The molecular weight excluding hydrogens is 244 g/mol. The van der Waals surface area contributed by atoms with Crippen LogP contribution in [0.1, 0.15) is 70.0 Å². The van der Waals surface area contributed by atoms with Gasteiger partial charge in [0.2, 0.25) is 5.89 Å². The molecule has 5 heteroatoms. The van der Waals surface area contributed by atoms with Crippen molar-refractivity contribution < 1.29 is 14.1 Å². The molecule has 1 aliphatic rings. The lowest BCUT2D eigenvalue weighted by atomic mass is 9.96. The second kappa shape index (κ2) is 6.17. The fourth-order valence-corrected chi connectivity index (χ4v) is 2.61. The second-order valence-corrected chi connectivity index (χ2v) is 5.45. The molecule has 1 atom stereocenters. The molecular formula is C14H22N2O3. The van der Waals surface area contributed by atoms with Gasteiger partial charge in [0.25, 0.3) is 0 Å². The summed E-state index contributed by atoms with van der Waals surface area (Å²) in [6, 6.07) is 0.